The average molecular weight is 462 g/mol. The van der Waals surface area contributed by atoms with Crippen LogP contribution in [0.2, 0.25) is 0 Å². The fourth-order valence-electron chi connectivity index (χ4n) is 5.03. The third kappa shape index (κ3) is 6.37. The highest BCUT2D eigenvalue weighted by atomic mass is 16.5. The van der Waals surface area contributed by atoms with E-state index in [1.54, 1.807) is 36.3 Å². The predicted molar refractivity (Wildman–Crippen MR) is 122 cm³/mol. The number of fused-ring (bicyclic) bond motifs is 1. The molecule has 1 aromatic rings. The van der Waals surface area contributed by atoms with E-state index in [9.17, 15) is 14.7 Å². The van der Waals surface area contributed by atoms with E-state index in [1.807, 2.05) is 0 Å². The minimum absolute atomic E-state index is 0.0279. The van der Waals surface area contributed by atoms with Gasteiger partial charge in [0, 0.05) is 17.8 Å². The number of anilines is 1. The molecule has 1 aliphatic carbocycles. The van der Waals surface area contributed by atoms with E-state index >= 15 is 0 Å². The molecule has 9 heteroatoms. The molecule has 3 N–H and O–H groups in total. The van der Waals surface area contributed by atoms with Crippen molar-refractivity contribution in [2.75, 3.05) is 32.2 Å². The van der Waals surface area contributed by atoms with E-state index < -0.39 is 6.10 Å². The number of nitrogens with zero attached hydrogens (tertiary/aromatic N) is 1. The van der Waals surface area contributed by atoms with E-state index in [4.69, 9.17) is 14.2 Å². The fraction of sp³-hybridized carbons (Fsp3) is 0.667. The number of methoxy groups -OCH3 is 1. The maximum atomic E-state index is 13.2. The molecule has 3 fully saturated rings. The highest BCUT2D eigenvalue weighted by Crippen LogP contribution is 2.29. The Balaban J connectivity index is 1.39. The van der Waals surface area contributed by atoms with Crippen LogP contribution in [-0.4, -0.2) is 79.2 Å². The molecule has 3 aliphatic rings. The van der Waals surface area contributed by atoms with E-state index in [0.29, 0.717) is 30.7 Å². The number of rotatable bonds is 5. The summed E-state index contributed by atoms with van der Waals surface area (Å²) in [7, 11) is 1.57. The molecule has 0 aromatic heterocycles. The van der Waals surface area contributed by atoms with Crippen molar-refractivity contribution in [2.45, 2.75) is 75.3 Å². The molecule has 2 saturated heterocycles. The summed E-state index contributed by atoms with van der Waals surface area (Å²) < 4.78 is 17.1. The Morgan fingerprint density at radius 1 is 1.18 bits per heavy atom. The lowest BCUT2D eigenvalue weighted by atomic mass is 9.95. The number of carbonyl (C=O) groups is 2. The number of aliphatic hydroxyl groups is 1. The summed E-state index contributed by atoms with van der Waals surface area (Å²) >= 11 is 0. The van der Waals surface area contributed by atoms with Crippen molar-refractivity contribution < 1.29 is 28.9 Å². The average Bonchev–Trinajstić information content (AvgIpc) is 3.29. The quantitative estimate of drug-likeness (QED) is 0.621. The molecule has 2 heterocycles. The zero-order valence-corrected chi connectivity index (χ0v) is 19.2. The second-order valence-corrected chi connectivity index (χ2v) is 9.20. The summed E-state index contributed by atoms with van der Waals surface area (Å²) in [4.78, 5) is 27.3. The van der Waals surface area contributed by atoms with E-state index in [0.717, 1.165) is 12.8 Å². The molecular weight excluding hydrogens is 426 g/mol. The number of nitrogens with one attached hydrogen (secondary N) is 2. The van der Waals surface area contributed by atoms with Gasteiger partial charge in [0.2, 0.25) is 5.91 Å². The molecule has 33 heavy (non-hydrogen) atoms. The van der Waals surface area contributed by atoms with E-state index in [2.05, 4.69) is 10.6 Å². The first-order valence-corrected chi connectivity index (χ1v) is 11.9. The van der Waals surface area contributed by atoms with Gasteiger partial charge >= 0.3 is 6.03 Å². The molecule has 0 radical (unpaired) electrons. The molecule has 2 aliphatic heterocycles. The van der Waals surface area contributed by atoms with Gasteiger partial charge in [0.25, 0.3) is 0 Å². The van der Waals surface area contributed by atoms with Crippen LogP contribution >= 0.6 is 0 Å². The second kappa shape index (κ2) is 11.2. The SMILES string of the molecule is COc1cccc(NC(=O)N2C[C@H](O)COC[C@@H]3O[C@@H](CC(=O)NC4CCCC4)CC[C@H]32)c1. The summed E-state index contributed by atoms with van der Waals surface area (Å²) in [5, 5.41) is 16.3. The van der Waals surface area contributed by atoms with Crippen molar-refractivity contribution in [3.8, 4) is 5.75 Å². The summed E-state index contributed by atoms with van der Waals surface area (Å²) in [6.07, 6.45) is 4.76. The Morgan fingerprint density at radius 3 is 2.79 bits per heavy atom. The molecule has 0 bridgehead atoms. The van der Waals surface area contributed by atoms with Gasteiger partial charge in [-0.3, -0.25) is 4.79 Å². The molecule has 4 rings (SSSR count). The van der Waals surface area contributed by atoms with Crippen LogP contribution in [0, 0.1) is 0 Å². The summed E-state index contributed by atoms with van der Waals surface area (Å²) in [5.74, 6) is 0.673. The largest absolute Gasteiger partial charge is 0.497 e. The first-order chi connectivity index (χ1) is 16.0. The van der Waals surface area contributed by atoms with Gasteiger partial charge in [0.05, 0.1) is 51.5 Å². The van der Waals surface area contributed by atoms with Gasteiger partial charge in [-0.15, -0.1) is 0 Å². The van der Waals surface area contributed by atoms with Gasteiger partial charge in [0.15, 0.2) is 0 Å². The van der Waals surface area contributed by atoms with Crippen LogP contribution in [0.4, 0.5) is 10.5 Å². The molecule has 0 unspecified atom stereocenters. The van der Waals surface area contributed by atoms with Gasteiger partial charge in [-0.2, -0.15) is 0 Å². The van der Waals surface area contributed by atoms with Crippen molar-refractivity contribution in [3.63, 3.8) is 0 Å². The van der Waals surface area contributed by atoms with Gasteiger partial charge in [-0.05, 0) is 37.8 Å². The maximum Gasteiger partial charge on any atom is 0.322 e. The summed E-state index contributed by atoms with van der Waals surface area (Å²) in [6, 6.07) is 6.88. The van der Waals surface area contributed by atoms with Crippen molar-refractivity contribution in [1.82, 2.24) is 10.2 Å². The van der Waals surface area contributed by atoms with Crippen LogP contribution in [0.15, 0.2) is 24.3 Å². The number of benzene rings is 1. The molecule has 182 valence electrons. The van der Waals surface area contributed by atoms with Crippen LogP contribution in [0.3, 0.4) is 0 Å². The molecular formula is C24H35N3O6. The third-order valence-corrected chi connectivity index (χ3v) is 6.70. The molecule has 1 aromatic carbocycles. The third-order valence-electron chi connectivity index (χ3n) is 6.70. The van der Waals surface area contributed by atoms with Gasteiger partial charge in [-0.25, -0.2) is 4.79 Å². The number of hydrogen-bond donors (Lipinski definition) is 3. The highest BCUT2D eigenvalue weighted by molar-refractivity contribution is 5.89. The molecule has 1 saturated carbocycles. The minimum Gasteiger partial charge on any atom is -0.497 e. The summed E-state index contributed by atoms with van der Waals surface area (Å²) in [5.41, 5.74) is 0.613. The van der Waals surface area contributed by atoms with Crippen molar-refractivity contribution in [2.24, 2.45) is 0 Å². The minimum atomic E-state index is -0.781. The zero-order chi connectivity index (χ0) is 23.2. The van der Waals surface area contributed by atoms with Crippen LogP contribution in [0.25, 0.3) is 0 Å². The second-order valence-electron chi connectivity index (χ2n) is 9.20. The monoisotopic (exact) mass is 461 g/mol. The normalized spacial score (nSPS) is 28.4. The van der Waals surface area contributed by atoms with Gasteiger partial charge < -0.3 is 34.9 Å². The number of ether oxygens (including phenoxy) is 3. The van der Waals surface area contributed by atoms with Crippen LogP contribution in [0.1, 0.15) is 44.9 Å². The Morgan fingerprint density at radius 2 is 2.00 bits per heavy atom. The van der Waals surface area contributed by atoms with E-state index in [-0.39, 0.29) is 56.0 Å². The highest BCUT2D eigenvalue weighted by Gasteiger charge is 2.40. The smallest absolute Gasteiger partial charge is 0.322 e. The molecule has 3 amide bonds. The standard InChI is InChI=1S/C24H35N3O6/c1-31-19-8-4-7-17(11-19)26-24(30)27-13-18(28)14-32-15-22-21(27)10-9-20(33-22)12-23(29)25-16-5-2-3-6-16/h4,7-8,11,16,18,20-22,28H,2-3,5-6,9-10,12-15H2,1H3,(H,25,29)(H,26,30)/t18-,20+,21+,22-/m0/s1. The Bertz CT molecular complexity index is 815. The van der Waals surface area contributed by atoms with Crippen molar-refractivity contribution >= 4 is 17.6 Å². The first kappa shape index (κ1) is 23.8. The fourth-order valence-corrected chi connectivity index (χ4v) is 5.03. The van der Waals surface area contributed by atoms with Crippen molar-refractivity contribution in [3.05, 3.63) is 24.3 Å². The number of aliphatic hydroxyl groups excluding tert-OH is 1. The van der Waals surface area contributed by atoms with Gasteiger partial charge in [0.1, 0.15) is 11.9 Å². The Hall–Kier alpha value is -2.36. The van der Waals surface area contributed by atoms with Crippen LogP contribution < -0.4 is 15.4 Å². The van der Waals surface area contributed by atoms with Crippen LogP contribution in [0.5, 0.6) is 5.75 Å². The Kier molecular flexibility index (Phi) is 8.06. The Labute approximate surface area is 194 Å². The zero-order valence-electron chi connectivity index (χ0n) is 19.2. The number of carbonyl (C=O) groups excluding carboxylic acids is 2. The lowest BCUT2D eigenvalue weighted by Crippen LogP contribution is -2.58. The van der Waals surface area contributed by atoms with E-state index in [1.165, 1.54) is 12.8 Å². The number of hydrogen-bond acceptors (Lipinski definition) is 6. The molecule has 9 nitrogen and oxygen atoms in total. The lowest BCUT2D eigenvalue weighted by Gasteiger charge is -2.44. The summed E-state index contributed by atoms with van der Waals surface area (Å²) in [6.45, 7) is 0.543. The van der Waals surface area contributed by atoms with Crippen LogP contribution in [-0.2, 0) is 14.3 Å². The maximum absolute atomic E-state index is 13.2. The molecule has 0 spiro atoms. The first-order valence-electron chi connectivity index (χ1n) is 11.9. The van der Waals surface area contributed by atoms with Crippen molar-refractivity contribution in [1.29, 1.82) is 0 Å². The predicted octanol–water partition coefficient (Wildman–Crippen LogP) is 2.29. The number of urea groups is 1. The van der Waals surface area contributed by atoms with Gasteiger partial charge in [-0.1, -0.05) is 18.9 Å². The topological polar surface area (TPSA) is 109 Å². The lowest BCUT2D eigenvalue weighted by molar-refractivity contribution is -0.150. The number of β-amino-alcohol motifs (C(OH)–C–C–N with tert-alkyl or cyclic N) is 1. The molecule has 4 atom stereocenters. The number of amides is 3.